The smallest absolute Gasteiger partial charge is 0.335 e. The van der Waals surface area contributed by atoms with Crippen molar-refractivity contribution in [2.24, 2.45) is 5.92 Å². The van der Waals surface area contributed by atoms with E-state index in [1.165, 1.54) is 19.3 Å². The van der Waals surface area contributed by atoms with Crippen LogP contribution in [0.15, 0.2) is 22.7 Å². The summed E-state index contributed by atoms with van der Waals surface area (Å²) in [5, 5.41) is 12.4. The minimum atomic E-state index is -0.889. The van der Waals surface area contributed by atoms with E-state index in [2.05, 4.69) is 28.2 Å². The molecule has 0 amide bonds. The van der Waals surface area contributed by atoms with Crippen LogP contribution in [-0.4, -0.2) is 17.1 Å². The Kier molecular flexibility index (Phi) is 4.40. The molecule has 1 fully saturated rings. The van der Waals surface area contributed by atoms with E-state index in [-0.39, 0.29) is 0 Å². The summed E-state index contributed by atoms with van der Waals surface area (Å²) < 4.78 is 0.862. The maximum Gasteiger partial charge on any atom is 0.335 e. The van der Waals surface area contributed by atoms with Gasteiger partial charge in [0.15, 0.2) is 0 Å². The highest BCUT2D eigenvalue weighted by Crippen LogP contribution is 2.25. The number of rotatable bonds is 4. The molecule has 0 radical (unpaired) electrons. The molecule has 2 unspecified atom stereocenters. The molecule has 0 aliphatic heterocycles. The van der Waals surface area contributed by atoms with E-state index in [4.69, 9.17) is 5.11 Å². The van der Waals surface area contributed by atoms with Crippen molar-refractivity contribution in [1.82, 2.24) is 5.32 Å². The first kappa shape index (κ1) is 13.6. The van der Waals surface area contributed by atoms with Gasteiger partial charge in [0, 0.05) is 17.1 Å². The molecule has 18 heavy (non-hydrogen) atoms. The van der Waals surface area contributed by atoms with Crippen molar-refractivity contribution in [3.63, 3.8) is 0 Å². The number of carboxylic acid groups (broad SMARTS) is 1. The van der Waals surface area contributed by atoms with E-state index >= 15 is 0 Å². The molecule has 1 aliphatic carbocycles. The quantitative estimate of drug-likeness (QED) is 0.895. The summed E-state index contributed by atoms with van der Waals surface area (Å²) in [4.78, 5) is 10.8. The molecule has 1 saturated carbocycles. The summed E-state index contributed by atoms with van der Waals surface area (Å²) in [6.07, 6.45) is 3.79. The Morgan fingerprint density at radius 2 is 2.28 bits per heavy atom. The predicted molar refractivity (Wildman–Crippen MR) is 74.7 cm³/mol. The van der Waals surface area contributed by atoms with Crippen molar-refractivity contribution >= 4 is 21.9 Å². The van der Waals surface area contributed by atoms with Gasteiger partial charge in [-0.3, -0.25) is 0 Å². The Morgan fingerprint density at radius 1 is 1.50 bits per heavy atom. The Hall–Kier alpha value is -0.870. The van der Waals surface area contributed by atoms with Gasteiger partial charge in [0.05, 0.1) is 5.56 Å². The van der Waals surface area contributed by atoms with Gasteiger partial charge in [0.2, 0.25) is 0 Å². The van der Waals surface area contributed by atoms with Crippen molar-refractivity contribution in [3.8, 4) is 0 Å². The van der Waals surface area contributed by atoms with Crippen molar-refractivity contribution in [3.05, 3.63) is 33.8 Å². The molecule has 1 aromatic carbocycles. The molecule has 3 nitrogen and oxygen atoms in total. The third kappa shape index (κ3) is 3.33. The predicted octanol–water partition coefficient (Wildman–Crippen LogP) is 3.43. The number of benzene rings is 1. The van der Waals surface area contributed by atoms with Crippen LogP contribution in [0, 0.1) is 5.92 Å². The van der Waals surface area contributed by atoms with Crippen LogP contribution in [0.3, 0.4) is 0 Å². The lowest BCUT2D eigenvalue weighted by molar-refractivity contribution is 0.0697. The fourth-order valence-corrected chi connectivity index (χ4v) is 2.99. The van der Waals surface area contributed by atoms with Crippen LogP contribution in [0.4, 0.5) is 0 Å². The minimum Gasteiger partial charge on any atom is -0.478 e. The molecule has 0 bridgehead atoms. The fraction of sp³-hybridized carbons (Fsp3) is 0.500. The number of nitrogens with one attached hydrogen (secondary N) is 1. The number of halogens is 1. The van der Waals surface area contributed by atoms with Gasteiger partial charge in [-0.05, 0) is 42.9 Å². The lowest BCUT2D eigenvalue weighted by Gasteiger charge is -2.13. The first-order chi connectivity index (χ1) is 8.56. The van der Waals surface area contributed by atoms with Crippen molar-refractivity contribution in [1.29, 1.82) is 0 Å². The average molecular weight is 312 g/mol. The molecular formula is C14H18BrNO2. The summed E-state index contributed by atoms with van der Waals surface area (Å²) in [5.41, 5.74) is 1.43. The molecule has 0 saturated heterocycles. The van der Waals surface area contributed by atoms with Gasteiger partial charge in [-0.15, -0.1) is 0 Å². The number of carboxylic acids is 1. The fourth-order valence-electron chi connectivity index (χ4n) is 2.47. The largest absolute Gasteiger partial charge is 0.478 e. The van der Waals surface area contributed by atoms with Crippen LogP contribution in [0.25, 0.3) is 0 Å². The van der Waals surface area contributed by atoms with Crippen molar-refractivity contribution < 1.29 is 9.90 Å². The van der Waals surface area contributed by atoms with Gasteiger partial charge in [0.1, 0.15) is 0 Å². The Balaban J connectivity index is 1.95. The first-order valence-corrected chi connectivity index (χ1v) is 7.10. The third-order valence-electron chi connectivity index (χ3n) is 3.58. The van der Waals surface area contributed by atoms with Crippen LogP contribution in [0.5, 0.6) is 0 Å². The van der Waals surface area contributed by atoms with Crippen molar-refractivity contribution in [2.75, 3.05) is 0 Å². The third-order valence-corrected chi connectivity index (χ3v) is 4.31. The molecule has 1 aromatic rings. The van der Waals surface area contributed by atoms with Gasteiger partial charge in [-0.1, -0.05) is 28.9 Å². The summed E-state index contributed by atoms with van der Waals surface area (Å²) in [5.74, 6) is -0.0693. The maximum atomic E-state index is 10.8. The lowest BCUT2D eigenvalue weighted by atomic mass is 10.1. The number of hydrogen-bond donors (Lipinski definition) is 2. The molecule has 2 rings (SSSR count). The van der Waals surface area contributed by atoms with Gasteiger partial charge in [-0.25, -0.2) is 4.79 Å². The van der Waals surface area contributed by atoms with Crippen LogP contribution in [0.1, 0.15) is 42.1 Å². The number of carbonyl (C=O) groups is 1. The zero-order valence-corrected chi connectivity index (χ0v) is 12.0. The Labute approximate surface area is 116 Å². The maximum absolute atomic E-state index is 10.8. The minimum absolute atomic E-state index is 0.320. The van der Waals surface area contributed by atoms with Gasteiger partial charge < -0.3 is 10.4 Å². The first-order valence-electron chi connectivity index (χ1n) is 6.31. The Morgan fingerprint density at radius 3 is 2.83 bits per heavy atom. The summed E-state index contributed by atoms with van der Waals surface area (Å²) in [6.45, 7) is 3.08. The molecule has 98 valence electrons. The van der Waals surface area contributed by atoms with Gasteiger partial charge in [0.25, 0.3) is 0 Å². The highest BCUT2D eigenvalue weighted by atomic mass is 79.9. The van der Waals surface area contributed by atoms with E-state index in [1.54, 1.807) is 12.1 Å². The highest BCUT2D eigenvalue weighted by Gasteiger charge is 2.20. The SMILES string of the molecule is CC1CCC(NCc2ccc(C(=O)O)cc2Br)C1. The molecule has 2 N–H and O–H groups in total. The van der Waals surface area contributed by atoms with E-state index in [0.29, 0.717) is 11.6 Å². The molecule has 0 heterocycles. The zero-order chi connectivity index (χ0) is 13.1. The number of aromatic carboxylic acids is 1. The van der Waals surface area contributed by atoms with Crippen LogP contribution >= 0.6 is 15.9 Å². The lowest BCUT2D eigenvalue weighted by Crippen LogP contribution is -2.25. The highest BCUT2D eigenvalue weighted by molar-refractivity contribution is 9.10. The van der Waals surface area contributed by atoms with Crippen LogP contribution < -0.4 is 5.32 Å². The average Bonchev–Trinajstić information content (AvgIpc) is 2.73. The summed E-state index contributed by atoms with van der Waals surface area (Å²) >= 11 is 3.43. The zero-order valence-electron chi connectivity index (χ0n) is 10.4. The second-order valence-corrected chi connectivity index (χ2v) is 5.96. The van der Waals surface area contributed by atoms with E-state index in [1.807, 2.05) is 6.07 Å². The second-order valence-electron chi connectivity index (χ2n) is 5.11. The van der Waals surface area contributed by atoms with Gasteiger partial charge in [-0.2, -0.15) is 0 Å². The summed E-state index contributed by atoms with van der Waals surface area (Å²) in [7, 11) is 0. The van der Waals surface area contributed by atoms with Crippen LogP contribution in [-0.2, 0) is 6.54 Å². The number of hydrogen-bond acceptors (Lipinski definition) is 2. The van der Waals surface area contributed by atoms with Crippen LogP contribution in [0.2, 0.25) is 0 Å². The van der Waals surface area contributed by atoms with E-state index in [9.17, 15) is 4.79 Å². The molecule has 0 spiro atoms. The van der Waals surface area contributed by atoms with Crippen molar-refractivity contribution in [2.45, 2.75) is 38.8 Å². The van der Waals surface area contributed by atoms with Gasteiger partial charge >= 0.3 is 5.97 Å². The molecule has 0 aromatic heterocycles. The normalized spacial score (nSPS) is 23.2. The second kappa shape index (κ2) is 5.85. The molecule has 2 atom stereocenters. The molecule has 4 heteroatoms. The van der Waals surface area contributed by atoms with E-state index < -0.39 is 5.97 Å². The standard InChI is InChI=1S/C14H18BrNO2/c1-9-2-5-12(6-9)16-8-11-4-3-10(14(17)18)7-13(11)15/h3-4,7,9,12,16H,2,5-6,8H2,1H3,(H,17,18). The molecule has 1 aliphatic rings. The summed E-state index contributed by atoms with van der Waals surface area (Å²) in [6, 6.07) is 5.79. The Bertz CT molecular complexity index is 447. The monoisotopic (exact) mass is 311 g/mol. The topological polar surface area (TPSA) is 49.3 Å². The van der Waals surface area contributed by atoms with E-state index in [0.717, 1.165) is 22.5 Å². The molecular weight excluding hydrogens is 294 g/mol.